The summed E-state index contributed by atoms with van der Waals surface area (Å²) in [7, 11) is 0. The zero-order chi connectivity index (χ0) is 15.9. The zero-order valence-corrected chi connectivity index (χ0v) is 12.2. The first kappa shape index (κ1) is 15.7. The van der Waals surface area contributed by atoms with E-state index in [1.807, 2.05) is 0 Å². The lowest BCUT2D eigenvalue weighted by atomic mass is 10.2. The predicted octanol–water partition coefficient (Wildman–Crippen LogP) is 2.49. The van der Waals surface area contributed by atoms with Crippen LogP contribution in [-0.4, -0.2) is 28.9 Å². The van der Waals surface area contributed by atoms with Crippen LogP contribution in [0.2, 0.25) is 5.15 Å². The molecule has 0 fully saturated rings. The number of para-hydroxylation sites is 2. The van der Waals surface area contributed by atoms with E-state index in [9.17, 15) is 14.9 Å². The highest BCUT2D eigenvalue weighted by Crippen LogP contribution is 2.22. The molecule has 0 aliphatic carbocycles. The van der Waals surface area contributed by atoms with Gasteiger partial charge in [0.25, 0.3) is 11.6 Å². The van der Waals surface area contributed by atoms with Crippen molar-refractivity contribution < 1.29 is 9.72 Å². The van der Waals surface area contributed by atoms with Crippen LogP contribution in [0.1, 0.15) is 10.4 Å². The van der Waals surface area contributed by atoms with Crippen molar-refractivity contribution in [2.75, 3.05) is 18.4 Å². The van der Waals surface area contributed by atoms with Crippen molar-refractivity contribution in [3.05, 3.63) is 63.4 Å². The summed E-state index contributed by atoms with van der Waals surface area (Å²) < 4.78 is 0. The summed E-state index contributed by atoms with van der Waals surface area (Å²) in [5.41, 5.74) is 0.806. The van der Waals surface area contributed by atoms with Crippen LogP contribution >= 0.6 is 11.6 Å². The Morgan fingerprint density at radius 2 is 2.00 bits per heavy atom. The summed E-state index contributed by atoms with van der Waals surface area (Å²) in [6.45, 7) is 0.672. The Morgan fingerprint density at radius 1 is 1.23 bits per heavy atom. The number of carbonyl (C=O) groups excluding carboxylic acids is 1. The van der Waals surface area contributed by atoms with Gasteiger partial charge in [-0.05, 0) is 18.2 Å². The number of carbonyl (C=O) groups is 1. The average Bonchev–Trinajstić information content (AvgIpc) is 2.52. The summed E-state index contributed by atoms with van der Waals surface area (Å²) in [4.78, 5) is 26.0. The lowest BCUT2D eigenvalue weighted by Crippen LogP contribution is -2.28. The van der Waals surface area contributed by atoms with Crippen LogP contribution in [-0.2, 0) is 0 Å². The van der Waals surface area contributed by atoms with Gasteiger partial charge in [0.05, 0.1) is 10.5 Å². The Kier molecular flexibility index (Phi) is 5.26. The normalized spacial score (nSPS) is 10.0. The molecule has 0 aliphatic rings. The Hall–Kier alpha value is -2.67. The maximum atomic E-state index is 11.8. The largest absolute Gasteiger partial charge is 0.378 e. The maximum Gasteiger partial charge on any atom is 0.292 e. The number of anilines is 1. The van der Waals surface area contributed by atoms with Gasteiger partial charge in [-0.2, -0.15) is 0 Å². The van der Waals surface area contributed by atoms with Gasteiger partial charge in [-0.3, -0.25) is 14.9 Å². The summed E-state index contributed by atoms with van der Waals surface area (Å²) in [5.74, 6) is -0.284. The lowest BCUT2D eigenvalue weighted by molar-refractivity contribution is -0.384. The number of benzene rings is 1. The first-order valence-corrected chi connectivity index (χ1v) is 6.83. The monoisotopic (exact) mass is 320 g/mol. The molecule has 2 aromatic rings. The van der Waals surface area contributed by atoms with Crippen molar-refractivity contribution >= 4 is 28.9 Å². The van der Waals surface area contributed by atoms with Crippen LogP contribution in [0.15, 0.2) is 42.6 Å². The molecule has 1 aromatic heterocycles. The molecule has 0 spiro atoms. The molecule has 1 aromatic carbocycles. The molecule has 8 heteroatoms. The number of nitrogens with zero attached hydrogens (tertiary/aromatic N) is 2. The van der Waals surface area contributed by atoms with Crippen molar-refractivity contribution in [2.45, 2.75) is 0 Å². The number of nitro benzene ring substituents is 1. The minimum absolute atomic E-state index is 0.00396. The van der Waals surface area contributed by atoms with E-state index in [0.29, 0.717) is 29.5 Å². The van der Waals surface area contributed by atoms with Crippen molar-refractivity contribution in [1.82, 2.24) is 10.3 Å². The van der Waals surface area contributed by atoms with E-state index in [1.165, 1.54) is 18.3 Å². The van der Waals surface area contributed by atoms with Crippen molar-refractivity contribution in [3.8, 4) is 0 Å². The molecule has 0 saturated carbocycles. The van der Waals surface area contributed by atoms with Crippen LogP contribution in [0.4, 0.5) is 11.4 Å². The Balaban J connectivity index is 1.83. The topological polar surface area (TPSA) is 97.2 Å². The standard InChI is InChI=1S/C14H13ClN4O3/c15-13-6-5-10(9-18-13)14(20)17-8-7-16-11-3-1-2-4-12(11)19(21)22/h1-6,9,16H,7-8H2,(H,17,20). The molecule has 0 atom stereocenters. The summed E-state index contributed by atoms with van der Waals surface area (Å²) in [5, 5.41) is 16.8. The van der Waals surface area contributed by atoms with Gasteiger partial charge in [0.2, 0.25) is 0 Å². The van der Waals surface area contributed by atoms with E-state index in [-0.39, 0.29) is 11.6 Å². The molecule has 0 aliphatic heterocycles. The fourth-order valence-corrected chi connectivity index (χ4v) is 1.88. The number of nitrogens with one attached hydrogen (secondary N) is 2. The molecular formula is C14H13ClN4O3. The smallest absolute Gasteiger partial charge is 0.292 e. The van der Waals surface area contributed by atoms with Crippen molar-refractivity contribution in [1.29, 1.82) is 0 Å². The average molecular weight is 321 g/mol. The number of pyridine rings is 1. The summed E-state index contributed by atoms with van der Waals surface area (Å²) in [6.07, 6.45) is 1.38. The van der Waals surface area contributed by atoms with Gasteiger partial charge in [0.1, 0.15) is 10.8 Å². The number of aromatic nitrogens is 1. The Labute approximate surface area is 131 Å². The van der Waals surface area contributed by atoms with Gasteiger partial charge in [-0.15, -0.1) is 0 Å². The van der Waals surface area contributed by atoms with E-state index in [0.717, 1.165) is 0 Å². The molecule has 22 heavy (non-hydrogen) atoms. The SMILES string of the molecule is O=C(NCCNc1ccccc1[N+](=O)[O-])c1ccc(Cl)nc1. The highest BCUT2D eigenvalue weighted by atomic mass is 35.5. The van der Waals surface area contributed by atoms with Crippen LogP contribution in [0.5, 0.6) is 0 Å². The molecule has 0 radical (unpaired) electrons. The van der Waals surface area contributed by atoms with Gasteiger partial charge < -0.3 is 10.6 Å². The van der Waals surface area contributed by atoms with Gasteiger partial charge in [0.15, 0.2) is 0 Å². The van der Waals surface area contributed by atoms with Gasteiger partial charge in [-0.25, -0.2) is 4.98 Å². The molecule has 2 N–H and O–H groups in total. The molecule has 7 nitrogen and oxygen atoms in total. The minimum atomic E-state index is -0.458. The molecule has 1 amide bonds. The number of nitro groups is 1. The molecule has 0 unspecified atom stereocenters. The lowest BCUT2D eigenvalue weighted by Gasteiger charge is -2.08. The fraction of sp³-hybridized carbons (Fsp3) is 0.143. The van der Waals surface area contributed by atoms with Crippen LogP contribution in [0.3, 0.4) is 0 Å². The Bertz CT molecular complexity index is 676. The molecule has 2 rings (SSSR count). The first-order chi connectivity index (χ1) is 10.6. The quantitative estimate of drug-likeness (QED) is 0.369. The van der Waals surface area contributed by atoms with Crippen LogP contribution < -0.4 is 10.6 Å². The predicted molar refractivity (Wildman–Crippen MR) is 83.2 cm³/mol. The maximum absolute atomic E-state index is 11.8. The van der Waals surface area contributed by atoms with E-state index in [4.69, 9.17) is 11.6 Å². The van der Waals surface area contributed by atoms with Crippen LogP contribution in [0.25, 0.3) is 0 Å². The molecular weight excluding hydrogens is 308 g/mol. The van der Waals surface area contributed by atoms with E-state index in [1.54, 1.807) is 24.3 Å². The van der Waals surface area contributed by atoms with Gasteiger partial charge in [-0.1, -0.05) is 23.7 Å². The van der Waals surface area contributed by atoms with E-state index >= 15 is 0 Å². The van der Waals surface area contributed by atoms with Crippen molar-refractivity contribution in [2.24, 2.45) is 0 Å². The van der Waals surface area contributed by atoms with E-state index in [2.05, 4.69) is 15.6 Å². The first-order valence-electron chi connectivity index (χ1n) is 6.45. The zero-order valence-electron chi connectivity index (χ0n) is 11.5. The van der Waals surface area contributed by atoms with Crippen LogP contribution in [0, 0.1) is 10.1 Å². The van der Waals surface area contributed by atoms with E-state index < -0.39 is 4.92 Å². The number of hydrogen-bond donors (Lipinski definition) is 2. The fourth-order valence-electron chi connectivity index (χ4n) is 1.77. The number of rotatable bonds is 6. The molecule has 1 heterocycles. The summed E-state index contributed by atoms with van der Waals surface area (Å²) >= 11 is 5.64. The Morgan fingerprint density at radius 3 is 2.68 bits per heavy atom. The second kappa shape index (κ2) is 7.37. The molecule has 0 saturated heterocycles. The third kappa shape index (κ3) is 4.16. The third-order valence-electron chi connectivity index (χ3n) is 2.82. The number of amides is 1. The third-order valence-corrected chi connectivity index (χ3v) is 3.04. The second-order valence-corrected chi connectivity index (χ2v) is 4.71. The second-order valence-electron chi connectivity index (χ2n) is 4.33. The highest BCUT2D eigenvalue weighted by molar-refractivity contribution is 6.29. The number of halogens is 1. The van der Waals surface area contributed by atoms with Gasteiger partial charge >= 0.3 is 0 Å². The summed E-state index contributed by atoms with van der Waals surface area (Å²) in [6, 6.07) is 9.43. The molecule has 0 bridgehead atoms. The number of hydrogen-bond acceptors (Lipinski definition) is 5. The minimum Gasteiger partial charge on any atom is -0.378 e. The van der Waals surface area contributed by atoms with Crippen molar-refractivity contribution in [3.63, 3.8) is 0 Å². The highest BCUT2D eigenvalue weighted by Gasteiger charge is 2.11. The van der Waals surface area contributed by atoms with Gasteiger partial charge in [0, 0.05) is 25.4 Å². The molecule has 114 valence electrons.